The van der Waals surface area contributed by atoms with Crippen LogP contribution in [-0.4, -0.2) is 36.1 Å². The first-order valence-electron chi connectivity index (χ1n) is 9.54. The molecule has 0 heterocycles. The maximum atomic E-state index is 12.8. The van der Waals surface area contributed by atoms with Gasteiger partial charge in [-0.2, -0.15) is 0 Å². The van der Waals surface area contributed by atoms with Crippen LogP contribution < -0.4 is 0 Å². The van der Waals surface area contributed by atoms with Crippen LogP contribution in [0.5, 0.6) is 0 Å². The molecule has 1 fully saturated rings. The molecule has 3 heteroatoms. The van der Waals surface area contributed by atoms with E-state index in [0.29, 0.717) is 17.4 Å². The van der Waals surface area contributed by atoms with E-state index in [0.717, 1.165) is 38.9 Å². The van der Waals surface area contributed by atoms with Crippen LogP contribution in [0.2, 0.25) is 0 Å². The fourth-order valence-electron chi connectivity index (χ4n) is 4.10. The second kappa shape index (κ2) is 8.66. The topological polar surface area (TPSA) is 29.5 Å². The maximum Gasteiger partial charge on any atom is 0.338 e. The molecule has 0 aliphatic heterocycles. The third kappa shape index (κ3) is 4.18. The molecule has 0 spiro atoms. The quantitative estimate of drug-likeness (QED) is 0.674. The number of esters is 1. The molecule has 0 aromatic heterocycles. The van der Waals surface area contributed by atoms with Crippen molar-refractivity contribution >= 4 is 5.97 Å². The van der Waals surface area contributed by atoms with E-state index >= 15 is 0 Å². The van der Waals surface area contributed by atoms with Gasteiger partial charge in [-0.05, 0) is 50.4 Å². The van der Waals surface area contributed by atoms with E-state index in [-0.39, 0.29) is 11.6 Å². The average molecular weight is 332 g/mol. The van der Waals surface area contributed by atoms with Gasteiger partial charge in [-0.3, -0.25) is 0 Å². The van der Waals surface area contributed by atoms with Crippen molar-refractivity contribution in [2.75, 3.05) is 19.6 Å². The number of nitrogens with zero attached hydrogens (tertiary/aromatic N) is 1. The normalized spacial score (nSPS) is 24.3. The minimum atomic E-state index is -0.340. The molecular formula is C21H33NO2. The molecule has 0 N–H and O–H groups in total. The summed E-state index contributed by atoms with van der Waals surface area (Å²) in [5.41, 5.74) is 0.318. The Morgan fingerprint density at radius 1 is 1.21 bits per heavy atom. The zero-order valence-corrected chi connectivity index (χ0v) is 15.8. The lowest BCUT2D eigenvalue weighted by Crippen LogP contribution is -2.53. The second-order valence-corrected chi connectivity index (χ2v) is 7.29. The Balaban J connectivity index is 2.23. The number of ether oxygens (including phenoxy) is 1. The fraction of sp³-hybridized carbons (Fsp3) is 0.667. The van der Waals surface area contributed by atoms with Crippen molar-refractivity contribution in [2.24, 2.45) is 11.8 Å². The molecule has 2 atom stereocenters. The first-order valence-corrected chi connectivity index (χ1v) is 9.54. The zero-order valence-electron chi connectivity index (χ0n) is 15.8. The SMILES string of the molecule is CCN(CC)CC1CCCCC1(OC(=O)c1ccccc1)C(C)C. The highest BCUT2D eigenvalue weighted by atomic mass is 16.6. The first kappa shape index (κ1) is 19.0. The molecule has 3 nitrogen and oxygen atoms in total. The van der Waals surface area contributed by atoms with Gasteiger partial charge < -0.3 is 9.64 Å². The fourth-order valence-corrected chi connectivity index (χ4v) is 4.10. The van der Waals surface area contributed by atoms with Crippen molar-refractivity contribution in [2.45, 2.75) is 59.0 Å². The van der Waals surface area contributed by atoms with Crippen LogP contribution in [-0.2, 0) is 4.74 Å². The van der Waals surface area contributed by atoms with Crippen LogP contribution in [0.1, 0.15) is 63.7 Å². The Morgan fingerprint density at radius 2 is 1.88 bits per heavy atom. The second-order valence-electron chi connectivity index (χ2n) is 7.29. The Labute approximate surface area is 147 Å². The van der Waals surface area contributed by atoms with Gasteiger partial charge in [0.05, 0.1) is 5.56 Å². The van der Waals surface area contributed by atoms with Crippen molar-refractivity contribution in [3.8, 4) is 0 Å². The van der Waals surface area contributed by atoms with Crippen molar-refractivity contribution in [3.63, 3.8) is 0 Å². The number of benzene rings is 1. The van der Waals surface area contributed by atoms with E-state index in [1.54, 1.807) is 0 Å². The molecule has 1 saturated carbocycles. The van der Waals surface area contributed by atoms with E-state index in [9.17, 15) is 4.79 Å². The third-order valence-corrected chi connectivity index (χ3v) is 5.70. The minimum Gasteiger partial charge on any atom is -0.455 e. The van der Waals surface area contributed by atoms with Crippen molar-refractivity contribution < 1.29 is 9.53 Å². The summed E-state index contributed by atoms with van der Waals surface area (Å²) in [5, 5.41) is 0. The predicted molar refractivity (Wildman–Crippen MR) is 99.2 cm³/mol. The predicted octanol–water partition coefficient (Wildman–Crippen LogP) is 4.77. The summed E-state index contributed by atoms with van der Waals surface area (Å²) in [6.45, 7) is 11.9. The van der Waals surface area contributed by atoms with Gasteiger partial charge in [0, 0.05) is 12.5 Å². The van der Waals surface area contributed by atoms with Crippen LogP contribution in [0.15, 0.2) is 30.3 Å². The number of hydrogen-bond acceptors (Lipinski definition) is 3. The van der Waals surface area contributed by atoms with Gasteiger partial charge in [0.25, 0.3) is 0 Å². The van der Waals surface area contributed by atoms with Gasteiger partial charge in [0.1, 0.15) is 5.60 Å². The third-order valence-electron chi connectivity index (χ3n) is 5.70. The molecule has 1 aromatic carbocycles. The summed E-state index contributed by atoms with van der Waals surface area (Å²) in [5.74, 6) is 0.570. The Kier molecular flexibility index (Phi) is 6.85. The highest BCUT2D eigenvalue weighted by Crippen LogP contribution is 2.43. The van der Waals surface area contributed by atoms with Crippen LogP contribution >= 0.6 is 0 Å². The molecule has 0 radical (unpaired) electrons. The zero-order chi connectivity index (χ0) is 17.6. The molecular weight excluding hydrogens is 298 g/mol. The lowest BCUT2D eigenvalue weighted by Gasteiger charge is -2.47. The number of rotatable bonds is 7. The van der Waals surface area contributed by atoms with Gasteiger partial charge in [-0.25, -0.2) is 4.79 Å². The maximum absolute atomic E-state index is 12.8. The van der Waals surface area contributed by atoms with E-state index in [4.69, 9.17) is 4.74 Å². The summed E-state index contributed by atoms with van der Waals surface area (Å²) in [6.07, 6.45) is 4.52. The molecule has 24 heavy (non-hydrogen) atoms. The van der Waals surface area contributed by atoms with Gasteiger partial charge >= 0.3 is 5.97 Å². The highest BCUT2D eigenvalue weighted by molar-refractivity contribution is 5.89. The summed E-state index contributed by atoms with van der Waals surface area (Å²) < 4.78 is 6.26. The standard InChI is InChI=1S/C21H33NO2/c1-5-22(6-2)16-19-14-10-11-15-21(19,17(3)4)24-20(23)18-12-8-7-9-13-18/h7-9,12-13,17,19H,5-6,10-11,14-16H2,1-4H3. The molecule has 0 amide bonds. The van der Waals surface area contributed by atoms with Gasteiger partial charge in [-0.15, -0.1) is 0 Å². The van der Waals surface area contributed by atoms with Gasteiger partial charge in [-0.1, -0.05) is 52.3 Å². The summed E-state index contributed by atoms with van der Waals surface area (Å²) in [6, 6.07) is 9.41. The van der Waals surface area contributed by atoms with Crippen LogP contribution in [0.4, 0.5) is 0 Å². The van der Waals surface area contributed by atoms with E-state index in [1.807, 2.05) is 30.3 Å². The van der Waals surface area contributed by atoms with Crippen LogP contribution in [0.25, 0.3) is 0 Å². The number of hydrogen-bond donors (Lipinski definition) is 0. The van der Waals surface area contributed by atoms with Crippen LogP contribution in [0, 0.1) is 11.8 Å². The van der Waals surface area contributed by atoms with Gasteiger partial charge in [0.2, 0.25) is 0 Å². The van der Waals surface area contributed by atoms with E-state index in [2.05, 4.69) is 32.6 Å². The molecule has 2 rings (SSSR count). The molecule has 2 unspecified atom stereocenters. The molecule has 1 aliphatic carbocycles. The molecule has 1 aromatic rings. The Morgan fingerprint density at radius 3 is 2.46 bits per heavy atom. The molecule has 0 saturated heterocycles. The highest BCUT2D eigenvalue weighted by Gasteiger charge is 2.47. The summed E-state index contributed by atoms with van der Waals surface area (Å²) >= 11 is 0. The van der Waals surface area contributed by atoms with Crippen LogP contribution in [0.3, 0.4) is 0 Å². The van der Waals surface area contributed by atoms with Crippen molar-refractivity contribution in [3.05, 3.63) is 35.9 Å². The summed E-state index contributed by atoms with van der Waals surface area (Å²) in [4.78, 5) is 15.2. The largest absolute Gasteiger partial charge is 0.455 e. The molecule has 134 valence electrons. The van der Waals surface area contributed by atoms with E-state index < -0.39 is 0 Å². The Bertz CT molecular complexity index is 510. The number of carbonyl (C=O) groups excluding carboxylic acids is 1. The number of carbonyl (C=O) groups is 1. The lowest BCUT2D eigenvalue weighted by atomic mass is 9.69. The minimum absolute atomic E-state index is 0.171. The average Bonchev–Trinajstić information content (AvgIpc) is 2.61. The van der Waals surface area contributed by atoms with Crippen molar-refractivity contribution in [1.82, 2.24) is 4.90 Å². The monoisotopic (exact) mass is 331 g/mol. The van der Waals surface area contributed by atoms with Gasteiger partial charge in [0.15, 0.2) is 0 Å². The van der Waals surface area contributed by atoms with Crippen molar-refractivity contribution in [1.29, 1.82) is 0 Å². The summed E-state index contributed by atoms with van der Waals surface area (Å²) in [7, 11) is 0. The van der Waals surface area contributed by atoms with E-state index in [1.165, 1.54) is 6.42 Å². The Hall–Kier alpha value is -1.35. The lowest BCUT2D eigenvalue weighted by molar-refractivity contribution is -0.106. The molecule has 0 bridgehead atoms. The molecule has 1 aliphatic rings. The smallest absolute Gasteiger partial charge is 0.338 e. The first-order chi connectivity index (χ1) is 11.5.